The van der Waals surface area contributed by atoms with E-state index in [4.69, 9.17) is 11.5 Å². The number of carbonyl (C=O) groups is 3. The summed E-state index contributed by atoms with van der Waals surface area (Å²) in [4.78, 5) is 35.2. The van der Waals surface area contributed by atoms with Crippen molar-refractivity contribution in [2.75, 3.05) is 5.75 Å². The molecule has 2 aliphatic heterocycles. The van der Waals surface area contributed by atoms with Crippen LogP contribution < -0.4 is 11.5 Å². The maximum absolute atomic E-state index is 11.9. The molecule has 19 heavy (non-hydrogen) atoms. The molecule has 2 amide bonds. The van der Waals surface area contributed by atoms with Gasteiger partial charge < -0.3 is 16.6 Å². The highest BCUT2D eigenvalue weighted by atomic mass is 32.2. The number of β-lactam (4-membered cyclic amide) rings is 1. The van der Waals surface area contributed by atoms with Gasteiger partial charge in [-0.2, -0.15) is 0 Å². The molecule has 2 unspecified atom stereocenters. The second-order valence-electron chi connectivity index (χ2n) is 4.30. The summed E-state index contributed by atoms with van der Waals surface area (Å²) in [5.74, 6) is -2.40. The second-order valence-corrected chi connectivity index (χ2v) is 6.67. The molecule has 0 saturated carbocycles. The summed E-state index contributed by atoms with van der Waals surface area (Å²) in [5, 5.41) is 8.90. The minimum Gasteiger partial charge on any atom is -0.477 e. The fourth-order valence-corrected chi connectivity index (χ4v) is 4.71. The van der Waals surface area contributed by atoms with Crippen LogP contribution in [0.3, 0.4) is 0 Å². The summed E-state index contributed by atoms with van der Waals surface area (Å²) in [6, 6.07) is -0.336. The Bertz CT molecular complexity index is 491. The van der Waals surface area contributed by atoms with Gasteiger partial charge in [-0.3, -0.25) is 14.5 Å². The number of thioether (sulfide) groups is 2. The molecule has 7 nitrogen and oxygen atoms in total. The van der Waals surface area contributed by atoms with Crippen LogP contribution in [0.5, 0.6) is 0 Å². The predicted octanol–water partition coefficient (Wildman–Crippen LogP) is -0.663. The normalized spacial score (nSPS) is 27.1. The Morgan fingerprint density at radius 1 is 1.58 bits per heavy atom. The summed E-state index contributed by atoms with van der Waals surface area (Å²) in [6.45, 7) is 1.72. The molecule has 5 N–H and O–H groups in total. The Hall–Kier alpha value is -1.19. The van der Waals surface area contributed by atoms with E-state index in [1.165, 1.54) is 16.7 Å². The first-order chi connectivity index (χ1) is 8.84. The molecule has 2 heterocycles. The number of nitrogens with zero attached hydrogens (tertiary/aromatic N) is 1. The Kier molecular flexibility index (Phi) is 3.79. The molecule has 1 fully saturated rings. The lowest BCUT2D eigenvalue weighted by Gasteiger charge is -2.43. The van der Waals surface area contributed by atoms with Gasteiger partial charge in [-0.25, -0.2) is 4.79 Å². The Morgan fingerprint density at radius 2 is 2.21 bits per heavy atom. The molecule has 1 saturated heterocycles. The first-order valence-corrected chi connectivity index (χ1v) is 7.35. The van der Waals surface area contributed by atoms with Gasteiger partial charge in [0.1, 0.15) is 5.37 Å². The van der Waals surface area contributed by atoms with E-state index < -0.39 is 11.9 Å². The molecular formula is C10H13N3O4S2. The molecule has 2 aliphatic rings. The zero-order chi connectivity index (χ0) is 14.3. The lowest BCUT2D eigenvalue weighted by atomic mass is 9.91. The highest BCUT2D eigenvalue weighted by Gasteiger charge is 2.57. The second kappa shape index (κ2) is 5.06. The number of amides is 2. The average molecular weight is 303 g/mol. The summed E-state index contributed by atoms with van der Waals surface area (Å²) in [7, 11) is 0. The van der Waals surface area contributed by atoms with Crippen molar-refractivity contribution in [2.45, 2.75) is 18.3 Å². The van der Waals surface area contributed by atoms with Gasteiger partial charge in [-0.05, 0) is 6.92 Å². The monoisotopic (exact) mass is 303 g/mol. The number of carboxylic acids is 1. The van der Waals surface area contributed by atoms with Gasteiger partial charge in [0, 0.05) is 6.04 Å². The van der Waals surface area contributed by atoms with Crippen LogP contribution in [0.1, 0.15) is 6.92 Å². The average Bonchev–Trinajstić information content (AvgIpc) is 2.60. The number of nitrogens with two attached hydrogens (primary N) is 2. The third-order valence-corrected chi connectivity index (χ3v) is 5.54. The van der Waals surface area contributed by atoms with Gasteiger partial charge in [0.15, 0.2) is 5.70 Å². The predicted molar refractivity (Wildman–Crippen MR) is 71.7 cm³/mol. The Labute approximate surface area is 117 Å². The Morgan fingerprint density at radius 3 is 2.68 bits per heavy atom. The van der Waals surface area contributed by atoms with Crippen LogP contribution in [-0.4, -0.2) is 45.0 Å². The first kappa shape index (κ1) is 14.2. The zero-order valence-corrected chi connectivity index (χ0v) is 11.7. The van der Waals surface area contributed by atoms with Crippen LogP contribution in [0.4, 0.5) is 0 Å². The van der Waals surface area contributed by atoms with E-state index in [2.05, 4.69) is 0 Å². The molecule has 9 heteroatoms. The SMILES string of the molecule is CC(N)C1C(=O)N2C(C(=O)O)=C(SCC(N)=O)S[C@H]12. The van der Waals surface area contributed by atoms with Crippen LogP contribution in [0.15, 0.2) is 9.93 Å². The minimum atomic E-state index is -1.18. The number of aliphatic carboxylic acids is 1. The van der Waals surface area contributed by atoms with Gasteiger partial charge in [-0.1, -0.05) is 11.8 Å². The van der Waals surface area contributed by atoms with E-state index in [0.717, 1.165) is 11.8 Å². The van der Waals surface area contributed by atoms with Gasteiger partial charge in [0.25, 0.3) is 0 Å². The molecule has 0 bridgehead atoms. The quantitative estimate of drug-likeness (QED) is 0.575. The molecule has 0 aromatic carbocycles. The number of rotatable bonds is 5. The summed E-state index contributed by atoms with van der Waals surface area (Å²) < 4.78 is 0.438. The number of hydrogen-bond acceptors (Lipinski definition) is 6. The topological polar surface area (TPSA) is 127 Å². The molecule has 3 atom stereocenters. The van der Waals surface area contributed by atoms with Crippen molar-refractivity contribution in [3.8, 4) is 0 Å². The third kappa shape index (κ3) is 2.33. The summed E-state index contributed by atoms with van der Waals surface area (Å²) in [6.07, 6.45) is 0. The van der Waals surface area contributed by atoms with Crippen molar-refractivity contribution >= 4 is 41.3 Å². The summed E-state index contributed by atoms with van der Waals surface area (Å²) >= 11 is 2.30. The zero-order valence-electron chi connectivity index (χ0n) is 10.0. The van der Waals surface area contributed by atoms with Crippen molar-refractivity contribution in [3.63, 3.8) is 0 Å². The van der Waals surface area contributed by atoms with Crippen molar-refractivity contribution in [1.29, 1.82) is 0 Å². The van der Waals surface area contributed by atoms with Crippen LogP contribution in [0.2, 0.25) is 0 Å². The van der Waals surface area contributed by atoms with Gasteiger partial charge in [0.05, 0.1) is 15.9 Å². The smallest absolute Gasteiger partial charge is 0.354 e. The highest BCUT2D eigenvalue weighted by Crippen LogP contribution is 2.53. The largest absolute Gasteiger partial charge is 0.477 e. The van der Waals surface area contributed by atoms with Crippen LogP contribution in [0, 0.1) is 5.92 Å². The van der Waals surface area contributed by atoms with Crippen LogP contribution in [0.25, 0.3) is 0 Å². The molecule has 104 valence electrons. The Balaban J connectivity index is 2.21. The standard InChI is InChI=1S/C10H13N3O4S2/c1-3(11)5-7(15)13-6(9(16)17)10(19-8(5)13)18-2-4(12)14/h3,5,8H,2,11H2,1H3,(H2,12,14)(H,16,17)/t3?,5?,8-/m1/s1. The van der Waals surface area contributed by atoms with E-state index in [1.54, 1.807) is 6.92 Å². The van der Waals surface area contributed by atoms with E-state index in [0.29, 0.717) is 4.24 Å². The van der Waals surface area contributed by atoms with Gasteiger partial charge >= 0.3 is 5.97 Å². The first-order valence-electron chi connectivity index (χ1n) is 5.48. The van der Waals surface area contributed by atoms with Crippen LogP contribution in [-0.2, 0) is 14.4 Å². The van der Waals surface area contributed by atoms with E-state index in [9.17, 15) is 19.5 Å². The molecule has 0 aromatic rings. The minimum absolute atomic E-state index is 0.0172. The molecule has 2 rings (SSSR count). The summed E-state index contributed by atoms with van der Waals surface area (Å²) in [5.41, 5.74) is 10.7. The number of primary amides is 1. The van der Waals surface area contributed by atoms with Crippen molar-refractivity contribution in [3.05, 3.63) is 9.93 Å². The van der Waals surface area contributed by atoms with Crippen LogP contribution >= 0.6 is 23.5 Å². The maximum atomic E-state index is 11.9. The third-order valence-electron chi connectivity index (χ3n) is 2.86. The fourth-order valence-electron chi connectivity index (χ4n) is 2.03. The molecular weight excluding hydrogens is 290 g/mol. The number of carbonyl (C=O) groups excluding carboxylic acids is 2. The number of hydrogen-bond donors (Lipinski definition) is 3. The van der Waals surface area contributed by atoms with Gasteiger partial charge in [0.2, 0.25) is 11.8 Å². The fraction of sp³-hybridized carbons (Fsp3) is 0.500. The van der Waals surface area contributed by atoms with E-state index in [-0.39, 0.29) is 34.7 Å². The van der Waals surface area contributed by atoms with Crippen molar-refractivity contribution in [1.82, 2.24) is 4.90 Å². The van der Waals surface area contributed by atoms with Crippen molar-refractivity contribution in [2.24, 2.45) is 17.4 Å². The molecule has 0 radical (unpaired) electrons. The lowest BCUT2D eigenvalue weighted by Crippen LogP contribution is -2.62. The lowest BCUT2D eigenvalue weighted by molar-refractivity contribution is -0.152. The van der Waals surface area contributed by atoms with E-state index in [1.807, 2.05) is 0 Å². The molecule has 0 spiro atoms. The number of fused-ring (bicyclic) bond motifs is 1. The number of carboxylic acid groups (broad SMARTS) is 1. The van der Waals surface area contributed by atoms with E-state index >= 15 is 0 Å². The maximum Gasteiger partial charge on any atom is 0.354 e. The molecule has 0 aliphatic carbocycles. The van der Waals surface area contributed by atoms with Crippen molar-refractivity contribution < 1.29 is 19.5 Å². The van der Waals surface area contributed by atoms with Gasteiger partial charge in [-0.15, -0.1) is 11.8 Å². The molecule has 0 aromatic heterocycles. The highest BCUT2D eigenvalue weighted by molar-refractivity contribution is 8.23.